The Morgan fingerprint density at radius 3 is 2.19 bits per heavy atom. The molecule has 1 atom stereocenters. The van der Waals surface area contributed by atoms with E-state index in [1.54, 1.807) is 24.3 Å². The van der Waals surface area contributed by atoms with Crippen molar-refractivity contribution in [3.05, 3.63) is 59.7 Å². The van der Waals surface area contributed by atoms with Gasteiger partial charge in [-0.25, -0.2) is 8.42 Å². The zero-order valence-electron chi connectivity index (χ0n) is 16.0. The number of hydrogen-bond donors (Lipinski definition) is 1. The highest BCUT2D eigenvalue weighted by molar-refractivity contribution is 7.91. The van der Waals surface area contributed by atoms with Crippen molar-refractivity contribution in [2.75, 3.05) is 25.5 Å². The predicted octanol–water partition coefficient (Wildman–Crippen LogP) is 3.10. The Balaban J connectivity index is 1.92. The second-order valence-electron chi connectivity index (χ2n) is 7.35. The van der Waals surface area contributed by atoms with E-state index < -0.39 is 15.1 Å². The predicted molar refractivity (Wildman–Crippen MR) is 108 cm³/mol. The highest BCUT2D eigenvalue weighted by Gasteiger charge is 2.33. The second-order valence-corrected chi connectivity index (χ2v) is 9.48. The molecule has 27 heavy (non-hydrogen) atoms. The summed E-state index contributed by atoms with van der Waals surface area (Å²) in [5.41, 5.74) is 2.67. The van der Waals surface area contributed by atoms with Crippen LogP contribution in [0.25, 0.3) is 0 Å². The minimum Gasteiger partial charge on any atom is -0.378 e. The van der Waals surface area contributed by atoms with Crippen LogP contribution >= 0.6 is 0 Å². The van der Waals surface area contributed by atoms with Crippen LogP contribution in [0.2, 0.25) is 0 Å². The van der Waals surface area contributed by atoms with Crippen LogP contribution in [0.15, 0.2) is 53.4 Å². The summed E-state index contributed by atoms with van der Waals surface area (Å²) in [5.74, 6) is -0.00661. The number of carbonyl (C=O) groups excluding carboxylic acids is 1. The van der Waals surface area contributed by atoms with Crippen molar-refractivity contribution in [2.24, 2.45) is 5.92 Å². The number of rotatable bonds is 7. The lowest BCUT2D eigenvalue weighted by Crippen LogP contribution is -2.32. The molecular formula is C21H26N2O3S. The molecule has 1 aliphatic carbocycles. The van der Waals surface area contributed by atoms with Crippen LogP contribution in [0.4, 0.5) is 5.69 Å². The van der Waals surface area contributed by atoms with E-state index in [1.165, 1.54) is 0 Å². The van der Waals surface area contributed by atoms with Gasteiger partial charge in [0.1, 0.15) is 5.25 Å². The first-order chi connectivity index (χ1) is 12.8. The van der Waals surface area contributed by atoms with E-state index in [0.717, 1.165) is 24.1 Å². The number of carbonyl (C=O) groups is 1. The van der Waals surface area contributed by atoms with Gasteiger partial charge in [0.25, 0.3) is 0 Å². The maximum absolute atomic E-state index is 13.3. The molecule has 6 heteroatoms. The van der Waals surface area contributed by atoms with Gasteiger partial charge in [0, 0.05) is 32.2 Å². The van der Waals surface area contributed by atoms with Gasteiger partial charge in [0.05, 0.1) is 4.90 Å². The molecule has 1 fully saturated rings. The van der Waals surface area contributed by atoms with E-state index in [2.05, 4.69) is 5.32 Å². The van der Waals surface area contributed by atoms with Gasteiger partial charge in [-0.15, -0.1) is 0 Å². The monoisotopic (exact) mass is 386 g/mol. The molecule has 1 aliphatic rings. The van der Waals surface area contributed by atoms with Crippen LogP contribution in [0.3, 0.4) is 0 Å². The minimum absolute atomic E-state index is 0.0452. The molecule has 0 saturated heterocycles. The zero-order valence-corrected chi connectivity index (χ0v) is 16.8. The fourth-order valence-electron chi connectivity index (χ4n) is 2.97. The number of hydrogen-bond acceptors (Lipinski definition) is 4. The van der Waals surface area contributed by atoms with Crippen molar-refractivity contribution in [2.45, 2.75) is 29.9 Å². The molecule has 0 aromatic heterocycles. The molecule has 3 rings (SSSR count). The Morgan fingerprint density at radius 2 is 1.67 bits per heavy atom. The molecule has 0 radical (unpaired) electrons. The summed E-state index contributed by atoms with van der Waals surface area (Å²) >= 11 is 0. The molecule has 1 N–H and O–H groups in total. The van der Waals surface area contributed by atoms with Crippen molar-refractivity contribution >= 4 is 21.4 Å². The quantitative estimate of drug-likeness (QED) is 0.794. The highest BCUT2D eigenvalue weighted by atomic mass is 32.2. The molecule has 0 spiro atoms. The molecule has 0 bridgehead atoms. The molecule has 1 saturated carbocycles. The normalized spacial score (nSPS) is 15.2. The Morgan fingerprint density at radius 1 is 1.07 bits per heavy atom. The van der Waals surface area contributed by atoms with Crippen LogP contribution in [0.1, 0.15) is 29.2 Å². The fourth-order valence-corrected chi connectivity index (χ4v) is 4.63. The average Bonchev–Trinajstić information content (AvgIpc) is 3.47. The summed E-state index contributed by atoms with van der Waals surface area (Å²) < 4.78 is 26.6. The third-order valence-electron chi connectivity index (χ3n) is 4.92. The van der Waals surface area contributed by atoms with Crippen LogP contribution in [-0.4, -0.2) is 35.0 Å². The SMILES string of the molecule is Cc1ccc(S(=O)(=O)[C@H](CNC(=O)C2CC2)c2ccc(N(C)C)cc2)cc1. The van der Waals surface area contributed by atoms with Crippen LogP contribution in [0.5, 0.6) is 0 Å². The minimum atomic E-state index is -3.63. The van der Waals surface area contributed by atoms with Gasteiger partial charge < -0.3 is 10.2 Å². The van der Waals surface area contributed by atoms with Gasteiger partial charge in [-0.2, -0.15) is 0 Å². The van der Waals surface area contributed by atoms with Crippen molar-refractivity contribution in [1.82, 2.24) is 5.32 Å². The molecular weight excluding hydrogens is 360 g/mol. The summed E-state index contributed by atoms with van der Waals surface area (Å²) in [6, 6.07) is 14.3. The summed E-state index contributed by atoms with van der Waals surface area (Å²) in [6.45, 7) is 2.00. The topological polar surface area (TPSA) is 66.5 Å². The number of anilines is 1. The summed E-state index contributed by atoms with van der Waals surface area (Å²) in [7, 11) is 0.239. The van der Waals surface area contributed by atoms with Gasteiger partial charge in [-0.3, -0.25) is 4.79 Å². The molecule has 1 amide bonds. The summed E-state index contributed by atoms with van der Waals surface area (Å²) in [6.07, 6.45) is 1.78. The van der Waals surface area contributed by atoms with E-state index >= 15 is 0 Å². The first-order valence-electron chi connectivity index (χ1n) is 9.14. The average molecular weight is 387 g/mol. The van der Waals surface area contributed by atoms with E-state index in [1.807, 2.05) is 50.2 Å². The van der Waals surface area contributed by atoms with E-state index in [9.17, 15) is 13.2 Å². The third-order valence-corrected chi connectivity index (χ3v) is 7.03. The first-order valence-corrected chi connectivity index (χ1v) is 10.7. The van der Waals surface area contributed by atoms with Gasteiger partial charge in [-0.05, 0) is 49.6 Å². The number of aryl methyl sites for hydroxylation is 1. The smallest absolute Gasteiger partial charge is 0.223 e. The standard InChI is InChI=1S/C21H26N2O3S/c1-15-4-12-19(13-5-15)27(25,26)20(14-22-21(24)17-6-7-17)16-8-10-18(11-9-16)23(2)3/h4-5,8-13,17,20H,6-7,14H2,1-3H3,(H,22,24)/t20-/m1/s1. The second kappa shape index (κ2) is 7.72. The van der Waals surface area contributed by atoms with Crippen molar-refractivity contribution in [1.29, 1.82) is 0 Å². The molecule has 0 heterocycles. The van der Waals surface area contributed by atoms with Crippen LogP contribution < -0.4 is 10.2 Å². The van der Waals surface area contributed by atoms with Crippen LogP contribution in [-0.2, 0) is 14.6 Å². The third kappa shape index (κ3) is 4.50. The van der Waals surface area contributed by atoms with Gasteiger partial charge >= 0.3 is 0 Å². The lowest BCUT2D eigenvalue weighted by Gasteiger charge is -2.20. The van der Waals surface area contributed by atoms with Crippen molar-refractivity contribution in [3.63, 3.8) is 0 Å². The molecule has 0 aliphatic heterocycles. The fraction of sp³-hybridized carbons (Fsp3) is 0.381. The number of benzene rings is 2. The number of sulfone groups is 1. The maximum atomic E-state index is 13.3. The molecule has 144 valence electrons. The number of amides is 1. The largest absolute Gasteiger partial charge is 0.378 e. The Bertz CT molecular complexity index is 899. The number of nitrogens with zero attached hydrogens (tertiary/aromatic N) is 1. The molecule has 5 nitrogen and oxygen atoms in total. The molecule has 0 unspecified atom stereocenters. The first kappa shape index (κ1) is 19.4. The molecule has 2 aromatic carbocycles. The summed E-state index contributed by atoms with van der Waals surface area (Å²) in [5, 5.41) is 2.02. The van der Waals surface area contributed by atoms with Crippen molar-refractivity contribution < 1.29 is 13.2 Å². The van der Waals surface area contributed by atoms with E-state index in [0.29, 0.717) is 5.56 Å². The summed E-state index contributed by atoms with van der Waals surface area (Å²) in [4.78, 5) is 14.3. The van der Waals surface area contributed by atoms with Crippen LogP contribution in [0, 0.1) is 12.8 Å². The van der Waals surface area contributed by atoms with Gasteiger partial charge in [-0.1, -0.05) is 29.8 Å². The molecule has 2 aromatic rings. The van der Waals surface area contributed by atoms with E-state index in [-0.39, 0.29) is 23.3 Å². The lowest BCUT2D eigenvalue weighted by molar-refractivity contribution is -0.122. The maximum Gasteiger partial charge on any atom is 0.223 e. The Kier molecular flexibility index (Phi) is 5.56. The highest BCUT2D eigenvalue weighted by Crippen LogP contribution is 2.32. The lowest BCUT2D eigenvalue weighted by atomic mass is 10.1. The van der Waals surface area contributed by atoms with E-state index in [4.69, 9.17) is 0 Å². The Labute approximate surface area is 161 Å². The number of nitrogens with one attached hydrogen (secondary N) is 1. The Hall–Kier alpha value is -2.34. The zero-order chi connectivity index (χ0) is 19.6. The van der Waals surface area contributed by atoms with Gasteiger partial charge in [0.2, 0.25) is 5.91 Å². The van der Waals surface area contributed by atoms with Gasteiger partial charge in [0.15, 0.2) is 9.84 Å². The van der Waals surface area contributed by atoms with Crippen molar-refractivity contribution in [3.8, 4) is 0 Å².